The molecule has 0 aromatic carbocycles. The van der Waals surface area contributed by atoms with Crippen LogP contribution >= 0.6 is 12.4 Å². The van der Waals surface area contributed by atoms with Crippen LogP contribution in [0.25, 0.3) is 0 Å². The molecule has 0 aromatic rings. The molecule has 1 aliphatic carbocycles. The molecule has 0 bridgehead atoms. The number of halogens is 1. The summed E-state index contributed by atoms with van der Waals surface area (Å²) in [4.78, 5) is 0. The molecular weight excluding hydrogens is 298 g/mol. The minimum atomic E-state index is -3.21. The minimum absolute atomic E-state index is 0. The fraction of sp³-hybridized carbons (Fsp3) is 1.00. The van der Waals surface area contributed by atoms with Crippen LogP contribution in [0.2, 0.25) is 0 Å². The van der Waals surface area contributed by atoms with Crippen LogP contribution in [0.1, 0.15) is 32.6 Å². The molecule has 1 saturated heterocycles. The second-order valence-corrected chi connectivity index (χ2v) is 7.92. The molecule has 2 fully saturated rings. The summed E-state index contributed by atoms with van der Waals surface area (Å²) in [6, 6.07) is 0. The number of hydrogen-bond acceptors (Lipinski definition) is 3. The van der Waals surface area contributed by atoms with E-state index in [2.05, 4.69) is 12.2 Å². The molecule has 1 saturated carbocycles. The maximum atomic E-state index is 12.4. The molecule has 120 valence electrons. The van der Waals surface area contributed by atoms with E-state index in [-0.39, 0.29) is 12.4 Å². The van der Waals surface area contributed by atoms with Gasteiger partial charge in [0, 0.05) is 26.7 Å². The van der Waals surface area contributed by atoms with Gasteiger partial charge in [0.2, 0.25) is 0 Å². The second-order valence-electron chi connectivity index (χ2n) is 5.88. The SMILES string of the molecule is CCNCC1CCN(S(=O)(=O)N(C)CC2CC2)CC1.Cl. The first-order chi connectivity index (χ1) is 9.04. The lowest BCUT2D eigenvalue weighted by atomic mass is 9.98. The van der Waals surface area contributed by atoms with Crippen molar-refractivity contribution in [2.45, 2.75) is 32.6 Å². The number of hydrogen-bond donors (Lipinski definition) is 1. The minimum Gasteiger partial charge on any atom is -0.317 e. The maximum absolute atomic E-state index is 12.4. The van der Waals surface area contributed by atoms with E-state index in [4.69, 9.17) is 0 Å². The Hall–Kier alpha value is 0.120. The van der Waals surface area contributed by atoms with Crippen LogP contribution in [-0.2, 0) is 10.2 Å². The number of nitrogens with zero attached hydrogens (tertiary/aromatic N) is 2. The van der Waals surface area contributed by atoms with Crippen molar-refractivity contribution in [3.05, 3.63) is 0 Å². The van der Waals surface area contributed by atoms with Gasteiger partial charge in [-0.1, -0.05) is 6.92 Å². The van der Waals surface area contributed by atoms with Crippen molar-refractivity contribution in [1.82, 2.24) is 13.9 Å². The highest BCUT2D eigenvalue weighted by Gasteiger charge is 2.34. The van der Waals surface area contributed by atoms with Crippen molar-refractivity contribution in [2.24, 2.45) is 11.8 Å². The third-order valence-electron chi connectivity index (χ3n) is 4.19. The number of nitrogens with one attached hydrogen (secondary N) is 1. The first-order valence-electron chi connectivity index (χ1n) is 7.46. The number of rotatable bonds is 7. The van der Waals surface area contributed by atoms with Gasteiger partial charge in [0.1, 0.15) is 0 Å². The van der Waals surface area contributed by atoms with Crippen LogP contribution in [0.3, 0.4) is 0 Å². The zero-order valence-electron chi connectivity index (χ0n) is 12.5. The van der Waals surface area contributed by atoms with Gasteiger partial charge in [0.05, 0.1) is 0 Å². The van der Waals surface area contributed by atoms with Crippen molar-refractivity contribution in [3.8, 4) is 0 Å². The third-order valence-corrected chi connectivity index (χ3v) is 6.14. The summed E-state index contributed by atoms with van der Waals surface area (Å²) in [6.07, 6.45) is 4.32. The largest absolute Gasteiger partial charge is 0.317 e. The van der Waals surface area contributed by atoms with Gasteiger partial charge in [-0.25, -0.2) is 0 Å². The summed E-state index contributed by atoms with van der Waals surface area (Å²) in [5, 5.41) is 3.35. The fourth-order valence-corrected chi connectivity index (χ4v) is 4.11. The van der Waals surface area contributed by atoms with Crippen LogP contribution in [0.4, 0.5) is 0 Å². The van der Waals surface area contributed by atoms with Gasteiger partial charge in [-0.15, -0.1) is 12.4 Å². The average molecular weight is 326 g/mol. The molecule has 1 aliphatic heterocycles. The van der Waals surface area contributed by atoms with Crippen LogP contribution in [0.5, 0.6) is 0 Å². The van der Waals surface area contributed by atoms with Gasteiger partial charge in [0.25, 0.3) is 10.2 Å². The summed E-state index contributed by atoms with van der Waals surface area (Å²) >= 11 is 0. The van der Waals surface area contributed by atoms with E-state index in [1.54, 1.807) is 15.7 Å². The predicted molar refractivity (Wildman–Crippen MR) is 84.4 cm³/mol. The lowest BCUT2D eigenvalue weighted by Crippen LogP contribution is -2.47. The van der Waals surface area contributed by atoms with Crippen molar-refractivity contribution in [3.63, 3.8) is 0 Å². The van der Waals surface area contributed by atoms with Crippen molar-refractivity contribution in [1.29, 1.82) is 0 Å². The zero-order valence-corrected chi connectivity index (χ0v) is 14.2. The Balaban J connectivity index is 0.00000200. The molecule has 5 nitrogen and oxygen atoms in total. The van der Waals surface area contributed by atoms with Crippen LogP contribution < -0.4 is 5.32 Å². The zero-order chi connectivity index (χ0) is 13.9. The quantitative estimate of drug-likeness (QED) is 0.768. The van der Waals surface area contributed by atoms with Crippen LogP contribution in [-0.4, -0.2) is 56.8 Å². The Kier molecular flexibility index (Phi) is 7.21. The Morgan fingerprint density at radius 2 is 1.75 bits per heavy atom. The highest BCUT2D eigenvalue weighted by Crippen LogP contribution is 2.30. The average Bonchev–Trinajstić information content (AvgIpc) is 3.20. The summed E-state index contributed by atoms with van der Waals surface area (Å²) in [5.74, 6) is 1.23. The van der Waals surface area contributed by atoms with Crippen LogP contribution in [0, 0.1) is 11.8 Å². The molecule has 2 rings (SSSR count). The molecule has 0 unspecified atom stereocenters. The Bertz CT molecular complexity index is 379. The normalized spacial score (nSPS) is 21.9. The lowest BCUT2D eigenvalue weighted by Gasteiger charge is -2.33. The van der Waals surface area contributed by atoms with E-state index >= 15 is 0 Å². The molecule has 0 atom stereocenters. The molecule has 0 radical (unpaired) electrons. The highest BCUT2D eigenvalue weighted by atomic mass is 35.5. The fourth-order valence-electron chi connectivity index (χ4n) is 2.65. The van der Waals surface area contributed by atoms with Crippen LogP contribution in [0.15, 0.2) is 0 Å². The van der Waals surface area contributed by atoms with Gasteiger partial charge in [0.15, 0.2) is 0 Å². The second kappa shape index (κ2) is 7.94. The highest BCUT2D eigenvalue weighted by molar-refractivity contribution is 7.86. The first kappa shape index (κ1) is 18.2. The summed E-state index contributed by atoms with van der Waals surface area (Å²) < 4.78 is 28.0. The van der Waals surface area contributed by atoms with Gasteiger partial charge >= 0.3 is 0 Å². The molecule has 2 aliphatic rings. The molecular formula is C13H28ClN3O2S. The molecule has 0 spiro atoms. The van der Waals surface area contributed by atoms with E-state index in [1.165, 1.54) is 12.8 Å². The molecule has 1 N–H and O–H groups in total. The van der Waals surface area contributed by atoms with E-state index in [0.717, 1.165) is 25.9 Å². The van der Waals surface area contributed by atoms with Gasteiger partial charge in [-0.05, 0) is 50.6 Å². The molecule has 7 heteroatoms. The van der Waals surface area contributed by atoms with E-state index in [1.807, 2.05) is 0 Å². The van der Waals surface area contributed by atoms with Crippen molar-refractivity contribution in [2.75, 3.05) is 39.8 Å². The Labute approximate surface area is 129 Å². The van der Waals surface area contributed by atoms with Crippen molar-refractivity contribution >= 4 is 22.6 Å². The third kappa shape index (κ3) is 4.84. The van der Waals surface area contributed by atoms with Gasteiger partial charge < -0.3 is 5.32 Å². The number of piperidine rings is 1. The Morgan fingerprint density at radius 1 is 1.15 bits per heavy atom. The smallest absolute Gasteiger partial charge is 0.281 e. The van der Waals surface area contributed by atoms with E-state index < -0.39 is 10.2 Å². The van der Waals surface area contributed by atoms with E-state index in [0.29, 0.717) is 31.5 Å². The van der Waals surface area contributed by atoms with Gasteiger partial charge in [-0.3, -0.25) is 0 Å². The maximum Gasteiger partial charge on any atom is 0.281 e. The molecule has 20 heavy (non-hydrogen) atoms. The summed E-state index contributed by atoms with van der Waals surface area (Å²) in [5.41, 5.74) is 0. The summed E-state index contributed by atoms with van der Waals surface area (Å²) in [6.45, 7) is 6.15. The van der Waals surface area contributed by atoms with Gasteiger partial charge in [-0.2, -0.15) is 17.0 Å². The predicted octanol–water partition coefficient (Wildman–Crippen LogP) is 1.32. The first-order valence-corrected chi connectivity index (χ1v) is 8.86. The Morgan fingerprint density at radius 3 is 2.25 bits per heavy atom. The monoisotopic (exact) mass is 325 g/mol. The standard InChI is InChI=1S/C13H27N3O2S.ClH/c1-3-14-10-12-6-8-16(9-7-12)19(17,18)15(2)11-13-4-5-13;/h12-14H,3-11H2,1-2H3;1H. The molecule has 0 amide bonds. The lowest BCUT2D eigenvalue weighted by molar-refractivity contribution is 0.253. The molecule has 0 aromatic heterocycles. The summed E-state index contributed by atoms with van der Waals surface area (Å²) in [7, 11) is -1.49. The van der Waals surface area contributed by atoms with E-state index in [9.17, 15) is 8.42 Å². The topological polar surface area (TPSA) is 52.7 Å². The van der Waals surface area contributed by atoms with Crippen molar-refractivity contribution < 1.29 is 8.42 Å². The molecule has 1 heterocycles.